The molecule has 0 bridgehead atoms. The van der Waals surface area contributed by atoms with Gasteiger partial charge in [-0.3, -0.25) is 9.88 Å². The van der Waals surface area contributed by atoms with Gasteiger partial charge in [-0.25, -0.2) is 18.7 Å². The van der Waals surface area contributed by atoms with Crippen LogP contribution in [0.5, 0.6) is 0 Å². The molecular formula is C16H19F2N5. The average Bonchev–Trinajstić information content (AvgIpc) is 2.54. The van der Waals surface area contributed by atoms with E-state index < -0.39 is 6.43 Å². The molecule has 1 aliphatic heterocycles. The first kappa shape index (κ1) is 15.7. The van der Waals surface area contributed by atoms with Crippen LogP contribution in [-0.2, 0) is 19.5 Å². The summed E-state index contributed by atoms with van der Waals surface area (Å²) in [5.74, 6) is 0.726. The molecule has 0 aromatic carbocycles. The minimum atomic E-state index is -2.52. The zero-order chi connectivity index (χ0) is 16.4. The third-order valence-electron chi connectivity index (χ3n) is 3.88. The molecule has 0 spiro atoms. The Morgan fingerprint density at radius 3 is 2.70 bits per heavy atom. The molecule has 0 fully saturated rings. The molecule has 122 valence electrons. The Morgan fingerprint density at radius 2 is 2.04 bits per heavy atom. The lowest BCUT2D eigenvalue weighted by Crippen LogP contribution is -2.31. The van der Waals surface area contributed by atoms with Crippen LogP contribution in [0.4, 0.5) is 14.7 Å². The fourth-order valence-electron chi connectivity index (χ4n) is 2.63. The fraction of sp³-hybridized carbons (Fsp3) is 0.438. The molecule has 2 aromatic rings. The Bertz CT molecular complexity index is 673. The number of halogens is 2. The van der Waals surface area contributed by atoms with Gasteiger partial charge in [0.15, 0.2) is 0 Å². The molecule has 2 aromatic heterocycles. The Morgan fingerprint density at radius 1 is 1.22 bits per heavy atom. The number of anilines is 1. The average molecular weight is 319 g/mol. The first-order chi connectivity index (χ1) is 11.0. The molecule has 0 saturated heterocycles. The van der Waals surface area contributed by atoms with E-state index in [1.54, 1.807) is 6.07 Å². The highest BCUT2D eigenvalue weighted by molar-refractivity contribution is 5.32. The maximum absolute atomic E-state index is 12.5. The maximum atomic E-state index is 12.5. The van der Waals surface area contributed by atoms with Gasteiger partial charge in [0.2, 0.25) is 5.95 Å². The highest BCUT2D eigenvalue weighted by Crippen LogP contribution is 2.21. The van der Waals surface area contributed by atoms with E-state index in [9.17, 15) is 8.78 Å². The molecule has 0 atom stereocenters. The lowest BCUT2D eigenvalue weighted by molar-refractivity contribution is 0.146. The van der Waals surface area contributed by atoms with Gasteiger partial charge >= 0.3 is 0 Å². The molecular weight excluding hydrogens is 300 g/mol. The Kier molecular flexibility index (Phi) is 4.47. The van der Waals surface area contributed by atoms with Crippen molar-refractivity contribution >= 4 is 5.95 Å². The van der Waals surface area contributed by atoms with E-state index >= 15 is 0 Å². The molecule has 7 heteroatoms. The van der Waals surface area contributed by atoms with E-state index in [1.165, 1.54) is 12.3 Å². The van der Waals surface area contributed by atoms with Crippen LogP contribution in [0.15, 0.2) is 24.5 Å². The highest BCUT2D eigenvalue weighted by atomic mass is 19.3. The predicted octanol–water partition coefficient (Wildman–Crippen LogP) is 2.43. The van der Waals surface area contributed by atoms with Crippen molar-refractivity contribution < 1.29 is 8.78 Å². The van der Waals surface area contributed by atoms with E-state index in [4.69, 9.17) is 0 Å². The Balaban J connectivity index is 1.67. The summed E-state index contributed by atoms with van der Waals surface area (Å²) >= 11 is 0. The van der Waals surface area contributed by atoms with Crippen LogP contribution in [0, 0.1) is 0 Å². The molecule has 0 aliphatic carbocycles. The molecule has 0 radical (unpaired) electrons. The summed E-state index contributed by atoms with van der Waals surface area (Å²) in [7, 11) is 3.85. The number of alkyl halides is 2. The van der Waals surface area contributed by atoms with Crippen LogP contribution in [0.1, 0.15) is 28.9 Å². The molecule has 0 saturated carbocycles. The quantitative estimate of drug-likeness (QED) is 0.866. The van der Waals surface area contributed by atoms with Gasteiger partial charge in [-0.2, -0.15) is 0 Å². The van der Waals surface area contributed by atoms with Crippen LogP contribution < -0.4 is 4.90 Å². The topological polar surface area (TPSA) is 45.2 Å². The van der Waals surface area contributed by atoms with E-state index in [0.29, 0.717) is 6.54 Å². The number of hydrogen-bond acceptors (Lipinski definition) is 5. The van der Waals surface area contributed by atoms with Gasteiger partial charge in [-0.1, -0.05) is 6.07 Å². The van der Waals surface area contributed by atoms with Crippen LogP contribution in [-0.4, -0.2) is 40.5 Å². The van der Waals surface area contributed by atoms with E-state index in [1.807, 2.05) is 25.2 Å². The largest absolute Gasteiger partial charge is 0.347 e. The van der Waals surface area contributed by atoms with Crippen molar-refractivity contribution in [1.82, 2.24) is 19.9 Å². The summed E-state index contributed by atoms with van der Waals surface area (Å²) in [6.07, 6.45) is 1.75. The van der Waals surface area contributed by atoms with Gasteiger partial charge in [0.1, 0.15) is 5.69 Å². The smallest absolute Gasteiger partial charge is 0.280 e. The molecule has 0 unspecified atom stereocenters. The number of pyridine rings is 1. The summed E-state index contributed by atoms with van der Waals surface area (Å²) < 4.78 is 25.0. The second kappa shape index (κ2) is 6.54. The molecule has 3 heterocycles. The molecule has 5 nitrogen and oxygen atoms in total. The number of hydrogen-bond donors (Lipinski definition) is 0. The summed E-state index contributed by atoms with van der Waals surface area (Å²) in [6.45, 7) is 2.33. The predicted molar refractivity (Wildman–Crippen MR) is 83.4 cm³/mol. The summed E-state index contributed by atoms with van der Waals surface area (Å²) in [5.41, 5.74) is 2.97. The van der Waals surface area contributed by atoms with Gasteiger partial charge in [-0.05, 0) is 11.6 Å². The second-order valence-corrected chi connectivity index (χ2v) is 5.89. The lowest BCUT2D eigenvalue weighted by Gasteiger charge is -2.28. The van der Waals surface area contributed by atoms with Crippen molar-refractivity contribution in [2.45, 2.75) is 25.9 Å². The zero-order valence-electron chi connectivity index (χ0n) is 13.2. The monoisotopic (exact) mass is 319 g/mol. The van der Waals surface area contributed by atoms with Crippen LogP contribution in [0.2, 0.25) is 0 Å². The Hall–Kier alpha value is -2.15. The SMILES string of the molecule is CN(C)c1ncc2c(n1)CCN(Cc1ccc(C(F)F)nc1)C2. The van der Waals surface area contributed by atoms with Crippen LogP contribution in [0.25, 0.3) is 0 Å². The molecule has 3 rings (SSSR count). The normalized spacial score (nSPS) is 14.8. The summed E-state index contributed by atoms with van der Waals surface area (Å²) in [6, 6.07) is 3.11. The molecule has 0 N–H and O–H groups in total. The first-order valence-corrected chi connectivity index (χ1v) is 7.50. The van der Waals surface area contributed by atoms with Gasteiger partial charge in [-0.15, -0.1) is 0 Å². The molecule has 0 amide bonds. The van der Waals surface area contributed by atoms with Crippen LogP contribution >= 0.6 is 0 Å². The number of aromatic nitrogens is 3. The van der Waals surface area contributed by atoms with E-state index in [-0.39, 0.29) is 5.69 Å². The number of fused-ring (bicyclic) bond motifs is 1. The third kappa shape index (κ3) is 3.61. The number of nitrogens with zero attached hydrogens (tertiary/aromatic N) is 5. The van der Waals surface area contributed by atoms with Crippen molar-refractivity contribution in [1.29, 1.82) is 0 Å². The zero-order valence-corrected chi connectivity index (χ0v) is 13.2. The highest BCUT2D eigenvalue weighted by Gasteiger charge is 2.19. The van der Waals surface area contributed by atoms with E-state index in [2.05, 4.69) is 19.9 Å². The van der Waals surface area contributed by atoms with E-state index in [0.717, 1.165) is 42.3 Å². The lowest BCUT2D eigenvalue weighted by atomic mass is 10.1. The molecule has 1 aliphatic rings. The van der Waals surface area contributed by atoms with Crippen molar-refractivity contribution in [3.63, 3.8) is 0 Å². The van der Waals surface area contributed by atoms with Crippen molar-refractivity contribution in [3.05, 3.63) is 47.0 Å². The van der Waals surface area contributed by atoms with Crippen molar-refractivity contribution in [3.8, 4) is 0 Å². The maximum Gasteiger partial charge on any atom is 0.280 e. The molecule has 23 heavy (non-hydrogen) atoms. The Labute approximate surface area is 134 Å². The summed E-state index contributed by atoms with van der Waals surface area (Å²) in [4.78, 5) is 16.9. The van der Waals surface area contributed by atoms with Gasteiger partial charge < -0.3 is 4.90 Å². The summed E-state index contributed by atoms with van der Waals surface area (Å²) in [5, 5.41) is 0. The number of rotatable bonds is 4. The third-order valence-corrected chi connectivity index (χ3v) is 3.88. The standard InChI is InChI=1S/C16H19F2N5/c1-22(2)16-20-8-12-10-23(6-5-13(12)21-16)9-11-3-4-14(15(17)18)19-7-11/h3-4,7-8,15H,5-6,9-10H2,1-2H3. The minimum absolute atomic E-state index is 0.178. The second-order valence-electron chi connectivity index (χ2n) is 5.89. The fourth-order valence-corrected chi connectivity index (χ4v) is 2.63. The first-order valence-electron chi connectivity index (χ1n) is 7.50. The van der Waals surface area contributed by atoms with Crippen molar-refractivity contribution in [2.24, 2.45) is 0 Å². The van der Waals surface area contributed by atoms with Gasteiger partial charge in [0.05, 0.1) is 5.69 Å². The minimum Gasteiger partial charge on any atom is -0.347 e. The van der Waals surface area contributed by atoms with Gasteiger partial charge in [0, 0.05) is 58.1 Å². The van der Waals surface area contributed by atoms with Crippen molar-refractivity contribution in [2.75, 3.05) is 25.5 Å². The van der Waals surface area contributed by atoms with Crippen LogP contribution in [0.3, 0.4) is 0 Å². The van der Waals surface area contributed by atoms with Gasteiger partial charge in [0.25, 0.3) is 6.43 Å².